The zero-order valence-electron chi connectivity index (χ0n) is 14.0. The highest BCUT2D eigenvalue weighted by atomic mass is 16.2. The Morgan fingerprint density at radius 1 is 1.23 bits per heavy atom. The molecule has 9 nitrogen and oxygen atoms in total. The second kappa shape index (κ2) is 7.26. The number of rotatable bonds is 4. The van der Waals surface area contributed by atoms with Crippen molar-refractivity contribution in [2.45, 2.75) is 12.8 Å². The van der Waals surface area contributed by atoms with E-state index in [1.807, 2.05) is 18.2 Å². The lowest BCUT2D eigenvalue weighted by atomic mass is 9.97. The summed E-state index contributed by atoms with van der Waals surface area (Å²) in [7, 11) is 0. The molecular weight excluding hydrogens is 332 g/mol. The van der Waals surface area contributed by atoms with Gasteiger partial charge in [-0.25, -0.2) is 4.98 Å². The lowest BCUT2D eigenvalue weighted by molar-refractivity contribution is -0.120. The van der Waals surface area contributed by atoms with Crippen molar-refractivity contribution in [3.05, 3.63) is 43.0 Å². The number of carbonyl (C=O) groups excluding carboxylic acids is 1. The highest BCUT2D eigenvalue weighted by molar-refractivity contribution is 5.91. The first-order valence-corrected chi connectivity index (χ1v) is 8.45. The van der Waals surface area contributed by atoms with Crippen molar-refractivity contribution >= 4 is 17.7 Å². The molecule has 1 saturated heterocycles. The van der Waals surface area contributed by atoms with E-state index in [1.54, 1.807) is 24.8 Å². The van der Waals surface area contributed by atoms with Gasteiger partial charge < -0.3 is 4.90 Å². The Labute approximate surface area is 149 Å². The summed E-state index contributed by atoms with van der Waals surface area (Å²) in [5, 5.41) is 9.65. The molecule has 1 fully saturated rings. The van der Waals surface area contributed by atoms with Crippen LogP contribution in [-0.4, -0.2) is 49.1 Å². The largest absolute Gasteiger partial charge is 0.355 e. The topological polar surface area (TPSA) is 113 Å². The van der Waals surface area contributed by atoms with E-state index in [4.69, 9.17) is 0 Å². The molecule has 0 aliphatic carbocycles. The molecule has 4 heterocycles. The molecule has 1 atom stereocenters. The van der Waals surface area contributed by atoms with Crippen LogP contribution in [0.4, 0.5) is 11.8 Å². The molecule has 3 aromatic heterocycles. The van der Waals surface area contributed by atoms with Gasteiger partial charge in [0.15, 0.2) is 5.82 Å². The van der Waals surface area contributed by atoms with E-state index in [1.165, 1.54) is 0 Å². The average Bonchev–Trinajstić information content (AvgIpc) is 3.18. The summed E-state index contributed by atoms with van der Waals surface area (Å²) < 4.78 is 0. The molecule has 2 N–H and O–H groups in total. The van der Waals surface area contributed by atoms with E-state index >= 15 is 0 Å². The van der Waals surface area contributed by atoms with Crippen molar-refractivity contribution < 1.29 is 4.79 Å². The number of nitrogens with one attached hydrogen (secondary N) is 2. The van der Waals surface area contributed by atoms with E-state index in [0.717, 1.165) is 25.2 Å². The van der Waals surface area contributed by atoms with Crippen molar-refractivity contribution in [1.82, 2.24) is 30.1 Å². The summed E-state index contributed by atoms with van der Waals surface area (Å²) in [5.74, 6) is 1.33. The van der Waals surface area contributed by atoms with Crippen LogP contribution in [0, 0.1) is 5.92 Å². The fourth-order valence-electron chi connectivity index (χ4n) is 3.00. The number of aromatic nitrogens is 6. The van der Waals surface area contributed by atoms with E-state index < -0.39 is 0 Å². The fraction of sp³-hybridized carbons (Fsp3) is 0.294. The summed E-state index contributed by atoms with van der Waals surface area (Å²) in [4.78, 5) is 31.6. The molecule has 1 aliphatic heterocycles. The fourth-order valence-corrected chi connectivity index (χ4v) is 3.00. The van der Waals surface area contributed by atoms with Gasteiger partial charge in [-0.1, -0.05) is 6.07 Å². The number of nitrogens with zero attached hydrogens (tertiary/aromatic N) is 6. The van der Waals surface area contributed by atoms with Gasteiger partial charge in [0.2, 0.25) is 11.9 Å². The first kappa shape index (κ1) is 16.1. The highest BCUT2D eigenvalue weighted by Gasteiger charge is 2.27. The van der Waals surface area contributed by atoms with Gasteiger partial charge in [-0.2, -0.15) is 4.98 Å². The number of hydrogen-bond acceptors (Lipinski definition) is 7. The van der Waals surface area contributed by atoms with Crippen molar-refractivity contribution in [2.24, 2.45) is 5.92 Å². The number of amides is 1. The van der Waals surface area contributed by atoms with Crippen LogP contribution in [0.5, 0.6) is 0 Å². The SMILES string of the molecule is O=C(Nc1n[nH]c(-c2ccccn2)n1)[C@H]1CCCN(c2cnccn2)C1. The molecule has 4 rings (SSSR count). The van der Waals surface area contributed by atoms with Gasteiger partial charge in [0.05, 0.1) is 12.1 Å². The Bertz CT molecular complexity index is 867. The Morgan fingerprint density at radius 2 is 2.19 bits per heavy atom. The molecule has 1 aliphatic rings. The van der Waals surface area contributed by atoms with Crippen LogP contribution < -0.4 is 10.2 Å². The normalized spacial score (nSPS) is 17.1. The molecule has 0 bridgehead atoms. The van der Waals surface area contributed by atoms with Gasteiger partial charge in [-0.3, -0.25) is 25.2 Å². The quantitative estimate of drug-likeness (QED) is 0.733. The zero-order valence-corrected chi connectivity index (χ0v) is 14.0. The minimum atomic E-state index is -0.150. The summed E-state index contributed by atoms with van der Waals surface area (Å²) >= 11 is 0. The minimum absolute atomic E-state index is 0.0924. The number of aromatic amines is 1. The second-order valence-corrected chi connectivity index (χ2v) is 6.06. The van der Waals surface area contributed by atoms with E-state index in [9.17, 15) is 4.79 Å². The number of anilines is 2. The van der Waals surface area contributed by atoms with Crippen LogP contribution in [0.1, 0.15) is 12.8 Å². The zero-order chi connectivity index (χ0) is 17.8. The number of carbonyl (C=O) groups is 1. The monoisotopic (exact) mass is 350 g/mol. The van der Waals surface area contributed by atoms with Crippen molar-refractivity contribution in [1.29, 1.82) is 0 Å². The van der Waals surface area contributed by atoms with Crippen LogP contribution >= 0.6 is 0 Å². The molecule has 9 heteroatoms. The van der Waals surface area contributed by atoms with Crippen LogP contribution in [0.3, 0.4) is 0 Å². The van der Waals surface area contributed by atoms with Gasteiger partial charge in [-0.15, -0.1) is 5.10 Å². The van der Waals surface area contributed by atoms with Crippen molar-refractivity contribution in [3.63, 3.8) is 0 Å². The van der Waals surface area contributed by atoms with Gasteiger partial charge in [0.25, 0.3) is 0 Å². The molecule has 0 saturated carbocycles. The summed E-state index contributed by atoms with van der Waals surface area (Å²) in [6.45, 7) is 1.47. The van der Waals surface area contributed by atoms with Crippen LogP contribution in [0.25, 0.3) is 11.5 Å². The third kappa shape index (κ3) is 3.51. The lowest BCUT2D eigenvalue weighted by Gasteiger charge is -2.32. The Morgan fingerprint density at radius 3 is 3.00 bits per heavy atom. The van der Waals surface area contributed by atoms with Crippen LogP contribution in [-0.2, 0) is 4.79 Å². The van der Waals surface area contributed by atoms with Gasteiger partial charge in [0, 0.05) is 31.7 Å². The predicted molar refractivity (Wildman–Crippen MR) is 95.2 cm³/mol. The molecule has 26 heavy (non-hydrogen) atoms. The molecule has 0 unspecified atom stereocenters. The highest BCUT2D eigenvalue weighted by Crippen LogP contribution is 2.22. The number of pyridine rings is 1. The van der Waals surface area contributed by atoms with Gasteiger partial charge >= 0.3 is 0 Å². The third-order valence-corrected chi connectivity index (χ3v) is 4.29. The Kier molecular flexibility index (Phi) is 4.50. The Balaban J connectivity index is 1.41. The maximum Gasteiger partial charge on any atom is 0.249 e. The molecule has 132 valence electrons. The van der Waals surface area contributed by atoms with E-state index in [0.29, 0.717) is 18.1 Å². The molecule has 0 aromatic carbocycles. The van der Waals surface area contributed by atoms with Crippen LogP contribution in [0.2, 0.25) is 0 Å². The first-order valence-electron chi connectivity index (χ1n) is 8.45. The van der Waals surface area contributed by atoms with Crippen LogP contribution in [0.15, 0.2) is 43.0 Å². The smallest absolute Gasteiger partial charge is 0.249 e. The van der Waals surface area contributed by atoms with E-state index in [-0.39, 0.29) is 17.8 Å². The maximum atomic E-state index is 12.6. The molecule has 0 radical (unpaired) electrons. The molecule has 3 aromatic rings. The lowest BCUT2D eigenvalue weighted by Crippen LogP contribution is -2.41. The predicted octanol–water partition coefficient (Wildman–Crippen LogP) is 1.51. The number of piperidine rings is 1. The molecular formula is C17H18N8O. The van der Waals surface area contributed by atoms with Crippen molar-refractivity contribution in [2.75, 3.05) is 23.3 Å². The maximum absolute atomic E-state index is 12.6. The van der Waals surface area contributed by atoms with Gasteiger partial charge in [-0.05, 0) is 25.0 Å². The standard InChI is InChI=1S/C17H18N8O/c26-16(12-4-3-9-25(11-12)14-10-18-7-8-20-14)22-17-21-15(23-24-17)13-5-1-2-6-19-13/h1-2,5-8,10,12H,3-4,9,11H2,(H2,21,22,23,24,26)/t12-/m0/s1. The van der Waals surface area contributed by atoms with Crippen molar-refractivity contribution in [3.8, 4) is 11.5 Å². The minimum Gasteiger partial charge on any atom is -0.355 e. The third-order valence-electron chi connectivity index (χ3n) is 4.29. The summed E-state index contributed by atoms with van der Waals surface area (Å²) in [6.07, 6.45) is 8.43. The molecule has 0 spiro atoms. The number of H-pyrrole nitrogens is 1. The van der Waals surface area contributed by atoms with Gasteiger partial charge in [0.1, 0.15) is 11.5 Å². The second-order valence-electron chi connectivity index (χ2n) is 6.06. The number of hydrogen-bond donors (Lipinski definition) is 2. The average molecular weight is 350 g/mol. The Hall–Kier alpha value is -3.36. The van der Waals surface area contributed by atoms with E-state index in [2.05, 4.69) is 40.3 Å². The first-order chi connectivity index (χ1) is 12.8. The molecule has 1 amide bonds. The summed E-state index contributed by atoms with van der Waals surface area (Å²) in [5.41, 5.74) is 0.673. The summed E-state index contributed by atoms with van der Waals surface area (Å²) in [6, 6.07) is 5.52.